The van der Waals surface area contributed by atoms with Crippen LogP contribution in [0.5, 0.6) is 5.75 Å². The van der Waals surface area contributed by atoms with Crippen LogP contribution in [0.2, 0.25) is 0 Å². The molecule has 4 rings (SSSR count). The van der Waals surface area contributed by atoms with Crippen molar-refractivity contribution in [2.45, 2.75) is 6.04 Å². The molecule has 0 radical (unpaired) electrons. The topological polar surface area (TPSA) is 29.9 Å². The first-order valence-electron chi connectivity index (χ1n) is 6.35. The highest BCUT2D eigenvalue weighted by molar-refractivity contribution is 7.71. The zero-order valence-corrected chi connectivity index (χ0v) is 11.3. The third-order valence-corrected chi connectivity index (χ3v) is 3.96. The summed E-state index contributed by atoms with van der Waals surface area (Å²) in [7, 11) is 0. The third kappa shape index (κ3) is 1.59. The quantitative estimate of drug-likeness (QED) is 0.689. The average Bonchev–Trinajstić information content (AvgIpc) is 2.99. The zero-order chi connectivity index (χ0) is 13.7. The summed E-state index contributed by atoms with van der Waals surface area (Å²) in [6.45, 7) is 0.511. The first-order valence-corrected chi connectivity index (χ1v) is 6.76. The third-order valence-electron chi connectivity index (χ3n) is 3.67. The Balaban J connectivity index is 1.98. The van der Waals surface area contributed by atoms with Crippen molar-refractivity contribution >= 4 is 23.3 Å². The van der Waals surface area contributed by atoms with Gasteiger partial charge in [-0.15, -0.1) is 0 Å². The van der Waals surface area contributed by atoms with Gasteiger partial charge in [0.1, 0.15) is 18.2 Å². The number of benzene rings is 2. The Kier molecular flexibility index (Phi) is 2.44. The van der Waals surface area contributed by atoms with Gasteiger partial charge in [-0.3, -0.25) is 0 Å². The van der Waals surface area contributed by atoms with E-state index in [-0.39, 0.29) is 11.9 Å². The average molecular weight is 286 g/mol. The molecule has 3 nitrogen and oxygen atoms in total. The highest BCUT2D eigenvalue weighted by Crippen LogP contribution is 2.36. The molecule has 0 aliphatic carbocycles. The van der Waals surface area contributed by atoms with E-state index in [1.807, 2.05) is 28.8 Å². The van der Waals surface area contributed by atoms with E-state index in [2.05, 4.69) is 4.98 Å². The normalized spacial score (nSPS) is 17.1. The molecule has 100 valence electrons. The maximum atomic E-state index is 13.5. The van der Waals surface area contributed by atoms with Crippen molar-refractivity contribution in [3.8, 4) is 5.75 Å². The highest BCUT2D eigenvalue weighted by atomic mass is 32.1. The predicted octanol–water partition coefficient (Wildman–Crippen LogP) is 3.82. The van der Waals surface area contributed by atoms with Crippen molar-refractivity contribution in [2.75, 3.05) is 6.61 Å². The molecule has 0 bridgehead atoms. The van der Waals surface area contributed by atoms with Gasteiger partial charge < -0.3 is 14.3 Å². The van der Waals surface area contributed by atoms with Crippen LogP contribution < -0.4 is 4.74 Å². The summed E-state index contributed by atoms with van der Waals surface area (Å²) >= 11 is 5.39. The van der Waals surface area contributed by atoms with E-state index >= 15 is 0 Å². The molecule has 1 aromatic heterocycles. The van der Waals surface area contributed by atoms with Gasteiger partial charge in [0.05, 0.1) is 17.1 Å². The number of imidazole rings is 1. The number of halogens is 1. The Morgan fingerprint density at radius 3 is 3.00 bits per heavy atom. The van der Waals surface area contributed by atoms with E-state index in [1.165, 1.54) is 12.1 Å². The Hall–Kier alpha value is -2.14. The molecule has 2 heterocycles. The fourth-order valence-electron chi connectivity index (χ4n) is 2.76. The maximum Gasteiger partial charge on any atom is 0.178 e. The van der Waals surface area contributed by atoms with Crippen molar-refractivity contribution in [3.05, 3.63) is 58.6 Å². The van der Waals surface area contributed by atoms with Gasteiger partial charge in [-0.25, -0.2) is 4.39 Å². The van der Waals surface area contributed by atoms with Crippen molar-refractivity contribution in [3.63, 3.8) is 0 Å². The number of nitrogens with zero attached hydrogens (tertiary/aromatic N) is 1. The minimum Gasteiger partial charge on any atom is -0.491 e. The van der Waals surface area contributed by atoms with Crippen LogP contribution in [0.4, 0.5) is 4.39 Å². The maximum absolute atomic E-state index is 13.5. The lowest BCUT2D eigenvalue weighted by atomic mass is 10.1. The van der Waals surface area contributed by atoms with Crippen LogP contribution in [0.15, 0.2) is 42.5 Å². The summed E-state index contributed by atoms with van der Waals surface area (Å²) in [5, 5.41) is 0. The van der Waals surface area contributed by atoms with E-state index in [0.717, 1.165) is 22.3 Å². The summed E-state index contributed by atoms with van der Waals surface area (Å²) in [6, 6.07) is 12.5. The second-order valence-corrected chi connectivity index (χ2v) is 5.21. The van der Waals surface area contributed by atoms with E-state index < -0.39 is 0 Å². The Labute approximate surface area is 119 Å². The SMILES string of the molecule is Fc1ccc2[nH]c(=S)n(C3COc4ccccc43)c2c1. The highest BCUT2D eigenvalue weighted by Gasteiger charge is 2.27. The molecule has 3 aromatic rings. The number of fused-ring (bicyclic) bond motifs is 2. The molecular formula is C15H11FN2OS. The van der Waals surface area contributed by atoms with Gasteiger partial charge in [-0.05, 0) is 36.5 Å². The zero-order valence-electron chi connectivity index (χ0n) is 10.5. The number of rotatable bonds is 1. The summed E-state index contributed by atoms with van der Waals surface area (Å²) in [5.74, 6) is 0.595. The Morgan fingerprint density at radius 1 is 1.25 bits per heavy atom. The molecule has 1 N–H and O–H groups in total. The van der Waals surface area contributed by atoms with E-state index in [4.69, 9.17) is 17.0 Å². The number of hydrogen-bond acceptors (Lipinski definition) is 2. The summed E-state index contributed by atoms with van der Waals surface area (Å²) in [5.41, 5.74) is 2.68. The Morgan fingerprint density at radius 2 is 2.10 bits per heavy atom. The van der Waals surface area contributed by atoms with Crippen molar-refractivity contribution in [1.82, 2.24) is 9.55 Å². The summed E-state index contributed by atoms with van der Waals surface area (Å²) in [6.07, 6.45) is 0. The van der Waals surface area contributed by atoms with Crippen molar-refractivity contribution in [2.24, 2.45) is 0 Å². The van der Waals surface area contributed by atoms with Crippen LogP contribution in [0.3, 0.4) is 0 Å². The lowest BCUT2D eigenvalue weighted by Gasteiger charge is -2.12. The molecular weight excluding hydrogens is 275 g/mol. The number of nitrogens with one attached hydrogen (secondary N) is 1. The van der Waals surface area contributed by atoms with Gasteiger partial charge in [0, 0.05) is 5.56 Å². The standard InChI is InChI=1S/C15H11FN2OS/c16-9-5-6-11-12(7-9)18(15(20)17-11)13-8-19-14-4-2-1-3-10(13)14/h1-7,13H,8H2,(H,17,20). The number of para-hydroxylation sites is 1. The number of aromatic nitrogens is 2. The molecule has 5 heteroatoms. The fourth-order valence-corrected chi connectivity index (χ4v) is 3.10. The van der Waals surface area contributed by atoms with Gasteiger partial charge in [0.25, 0.3) is 0 Å². The van der Waals surface area contributed by atoms with E-state index in [1.54, 1.807) is 6.07 Å². The van der Waals surface area contributed by atoms with Crippen LogP contribution in [0, 0.1) is 10.6 Å². The molecule has 0 fully saturated rings. The minimum absolute atomic E-state index is 0.0192. The lowest BCUT2D eigenvalue weighted by Crippen LogP contribution is -2.12. The van der Waals surface area contributed by atoms with Gasteiger partial charge in [0.15, 0.2) is 4.77 Å². The first-order chi connectivity index (χ1) is 9.74. The molecule has 1 aliphatic heterocycles. The number of H-pyrrole nitrogens is 1. The largest absolute Gasteiger partial charge is 0.491 e. The van der Waals surface area contributed by atoms with Crippen molar-refractivity contribution in [1.29, 1.82) is 0 Å². The molecule has 1 atom stereocenters. The van der Waals surface area contributed by atoms with Crippen LogP contribution in [-0.2, 0) is 0 Å². The first kappa shape index (κ1) is 11.7. The van der Waals surface area contributed by atoms with Gasteiger partial charge in [0.2, 0.25) is 0 Å². The summed E-state index contributed by atoms with van der Waals surface area (Å²) in [4.78, 5) is 3.12. The van der Waals surface area contributed by atoms with E-state index in [9.17, 15) is 4.39 Å². The molecule has 20 heavy (non-hydrogen) atoms. The number of aromatic amines is 1. The van der Waals surface area contributed by atoms with Gasteiger partial charge in [-0.2, -0.15) is 0 Å². The summed E-state index contributed by atoms with van der Waals surface area (Å²) < 4.78 is 21.7. The van der Waals surface area contributed by atoms with E-state index in [0.29, 0.717) is 11.4 Å². The van der Waals surface area contributed by atoms with Gasteiger partial charge in [-0.1, -0.05) is 18.2 Å². The molecule has 1 aliphatic rings. The predicted molar refractivity (Wildman–Crippen MR) is 77.2 cm³/mol. The van der Waals surface area contributed by atoms with Crippen LogP contribution >= 0.6 is 12.2 Å². The fraction of sp³-hybridized carbons (Fsp3) is 0.133. The molecule has 0 spiro atoms. The molecule has 0 saturated heterocycles. The smallest absolute Gasteiger partial charge is 0.178 e. The molecule has 1 unspecified atom stereocenters. The molecule has 0 amide bonds. The van der Waals surface area contributed by atoms with Crippen LogP contribution in [-0.4, -0.2) is 16.2 Å². The van der Waals surface area contributed by atoms with Crippen LogP contribution in [0.1, 0.15) is 11.6 Å². The van der Waals surface area contributed by atoms with Crippen molar-refractivity contribution < 1.29 is 9.13 Å². The lowest BCUT2D eigenvalue weighted by molar-refractivity contribution is 0.318. The minimum atomic E-state index is -0.271. The number of hydrogen-bond donors (Lipinski definition) is 1. The number of ether oxygens (including phenoxy) is 1. The second-order valence-electron chi connectivity index (χ2n) is 4.83. The monoisotopic (exact) mass is 286 g/mol. The van der Waals surface area contributed by atoms with Gasteiger partial charge >= 0.3 is 0 Å². The molecule has 0 saturated carbocycles. The van der Waals surface area contributed by atoms with Crippen LogP contribution in [0.25, 0.3) is 11.0 Å². The Bertz CT molecular complexity index is 868. The second kappa shape index (κ2) is 4.18. The molecule has 2 aromatic carbocycles.